The van der Waals surface area contributed by atoms with Crippen molar-refractivity contribution in [2.45, 2.75) is 77.7 Å². The van der Waals surface area contributed by atoms with E-state index in [1.165, 1.54) is 0 Å². The first-order chi connectivity index (χ1) is 11.4. The van der Waals surface area contributed by atoms with Crippen molar-refractivity contribution in [3.63, 3.8) is 0 Å². The monoisotopic (exact) mass is 438 g/mol. The van der Waals surface area contributed by atoms with E-state index in [-0.39, 0.29) is 5.60 Å². The van der Waals surface area contributed by atoms with E-state index in [1.807, 2.05) is 0 Å². The summed E-state index contributed by atoms with van der Waals surface area (Å²) in [7, 11) is -4.50. The van der Waals surface area contributed by atoms with E-state index in [0.717, 1.165) is 4.82 Å². The van der Waals surface area contributed by atoms with Crippen LogP contribution in [0.1, 0.15) is 20.8 Å². The van der Waals surface area contributed by atoms with E-state index in [4.69, 9.17) is 21.8 Å². The van der Waals surface area contributed by atoms with Crippen LogP contribution >= 0.6 is 0 Å². The van der Waals surface area contributed by atoms with Crippen LogP contribution in [0.25, 0.3) is 0 Å². The van der Waals surface area contributed by atoms with Crippen molar-refractivity contribution in [1.82, 2.24) is 0 Å². The highest BCUT2D eigenvalue weighted by molar-refractivity contribution is 6.97. The third-order valence-electron chi connectivity index (χ3n) is 5.02. The molecule has 0 aromatic heterocycles. The van der Waals surface area contributed by atoms with Gasteiger partial charge in [-0.25, -0.2) is 0 Å². The lowest BCUT2D eigenvalue weighted by Gasteiger charge is -2.47. The van der Waals surface area contributed by atoms with Crippen molar-refractivity contribution in [3.8, 4) is 0 Å². The molecule has 0 aromatic rings. The first-order valence-electron chi connectivity index (χ1n) is 9.16. The average Bonchev–Trinajstić information content (AvgIpc) is 2.45. The van der Waals surface area contributed by atoms with Gasteiger partial charge in [-0.2, -0.15) is 0 Å². The summed E-state index contributed by atoms with van der Waals surface area (Å²) in [6.07, 6.45) is 0. The van der Waals surface area contributed by atoms with Crippen molar-refractivity contribution in [3.05, 3.63) is 11.4 Å². The standard InChI is InChI=1S/C17H42O5Si4/c1-15(23(8,9)10)17(3,4)21-25(14,22-24(11,12)13)16(2)26(18-5,19-6)20-7/h15H,2H2,1,3-14H3. The summed E-state index contributed by atoms with van der Waals surface area (Å²) in [4.78, 5) is 0.732. The highest BCUT2D eigenvalue weighted by Crippen LogP contribution is 2.41. The van der Waals surface area contributed by atoms with Crippen LogP contribution in [0.5, 0.6) is 0 Å². The summed E-state index contributed by atoms with van der Waals surface area (Å²) in [5, 5.41) is 0. The summed E-state index contributed by atoms with van der Waals surface area (Å²) >= 11 is 0. The summed E-state index contributed by atoms with van der Waals surface area (Å²) in [6, 6.07) is 0. The highest BCUT2D eigenvalue weighted by atomic mass is 28.5. The van der Waals surface area contributed by atoms with Crippen molar-refractivity contribution >= 4 is 33.8 Å². The molecule has 0 radical (unpaired) electrons. The van der Waals surface area contributed by atoms with Crippen LogP contribution in [0, 0.1) is 0 Å². The maximum atomic E-state index is 6.84. The molecule has 0 aliphatic carbocycles. The summed E-state index contributed by atoms with van der Waals surface area (Å²) in [5.74, 6) is 0. The summed E-state index contributed by atoms with van der Waals surface area (Å²) in [6.45, 7) is 26.6. The molecule has 0 fully saturated rings. The van der Waals surface area contributed by atoms with E-state index in [0.29, 0.717) is 5.54 Å². The zero-order valence-corrected chi connectivity index (χ0v) is 23.3. The predicted octanol–water partition coefficient (Wildman–Crippen LogP) is 4.95. The second-order valence-corrected chi connectivity index (χ2v) is 26.4. The van der Waals surface area contributed by atoms with Gasteiger partial charge in [0, 0.05) is 26.1 Å². The lowest BCUT2D eigenvalue weighted by Crippen LogP contribution is -2.63. The molecule has 0 N–H and O–H groups in total. The van der Waals surface area contributed by atoms with Crippen LogP contribution in [0.4, 0.5) is 0 Å². The average molecular weight is 439 g/mol. The van der Waals surface area contributed by atoms with E-state index >= 15 is 0 Å². The normalized spacial score (nSPS) is 17.7. The van der Waals surface area contributed by atoms with Gasteiger partial charge in [-0.3, -0.25) is 0 Å². The van der Waals surface area contributed by atoms with E-state index in [1.54, 1.807) is 21.3 Å². The van der Waals surface area contributed by atoms with Gasteiger partial charge < -0.3 is 21.8 Å². The minimum absolute atomic E-state index is 0.344. The van der Waals surface area contributed by atoms with Gasteiger partial charge in [-0.15, -0.1) is 0 Å². The fraction of sp³-hybridized carbons (Fsp3) is 0.882. The quantitative estimate of drug-likeness (QED) is 0.427. The molecule has 2 atom stereocenters. The Kier molecular flexibility index (Phi) is 8.97. The zero-order chi connectivity index (χ0) is 21.2. The Hall–Kier alpha value is 0.408. The zero-order valence-electron chi connectivity index (χ0n) is 19.3. The van der Waals surface area contributed by atoms with Crippen molar-refractivity contribution in [2.75, 3.05) is 21.3 Å². The molecule has 0 saturated carbocycles. The van der Waals surface area contributed by atoms with Gasteiger partial charge in [0.15, 0.2) is 8.32 Å². The first-order valence-corrected chi connectivity index (χ1v) is 20.2. The molecule has 0 heterocycles. The second kappa shape index (κ2) is 8.83. The third kappa shape index (κ3) is 6.49. The van der Waals surface area contributed by atoms with Crippen LogP contribution in [0.15, 0.2) is 11.4 Å². The molecule has 2 unspecified atom stereocenters. The Balaban J connectivity index is 6.12. The van der Waals surface area contributed by atoms with Crippen LogP contribution in [0.3, 0.4) is 0 Å². The van der Waals surface area contributed by atoms with Gasteiger partial charge in [0.1, 0.15) is 0 Å². The van der Waals surface area contributed by atoms with Gasteiger partial charge >= 0.3 is 17.4 Å². The predicted molar refractivity (Wildman–Crippen MR) is 120 cm³/mol. The Morgan fingerprint density at radius 2 is 1.23 bits per heavy atom. The van der Waals surface area contributed by atoms with Gasteiger partial charge in [-0.05, 0) is 45.6 Å². The lowest BCUT2D eigenvalue weighted by atomic mass is 10.1. The van der Waals surface area contributed by atoms with Crippen LogP contribution in [-0.4, -0.2) is 60.7 Å². The van der Waals surface area contributed by atoms with Gasteiger partial charge in [0.25, 0.3) is 0 Å². The molecule has 0 amide bonds. The maximum Gasteiger partial charge on any atom is 0.532 e. The molecule has 0 saturated heterocycles. The topological polar surface area (TPSA) is 46.2 Å². The Bertz CT molecular complexity index is 472. The van der Waals surface area contributed by atoms with Gasteiger partial charge in [-0.1, -0.05) is 33.1 Å². The minimum Gasteiger partial charge on any atom is -0.433 e. The van der Waals surface area contributed by atoms with Crippen LogP contribution in [-0.2, 0) is 21.8 Å². The fourth-order valence-electron chi connectivity index (χ4n) is 3.26. The van der Waals surface area contributed by atoms with E-state index in [2.05, 4.69) is 73.2 Å². The summed E-state index contributed by atoms with van der Waals surface area (Å²) < 4.78 is 30.6. The van der Waals surface area contributed by atoms with Crippen molar-refractivity contribution in [1.29, 1.82) is 0 Å². The maximum absolute atomic E-state index is 6.84. The van der Waals surface area contributed by atoms with Gasteiger partial charge in [0.2, 0.25) is 0 Å². The molecule has 156 valence electrons. The second-order valence-electron chi connectivity index (χ2n) is 9.60. The largest absolute Gasteiger partial charge is 0.532 e. The number of rotatable bonds is 11. The molecular weight excluding hydrogens is 397 g/mol. The molecule has 0 aliphatic rings. The molecule has 26 heavy (non-hydrogen) atoms. The molecule has 0 aromatic carbocycles. The molecule has 5 nitrogen and oxygen atoms in total. The van der Waals surface area contributed by atoms with Crippen LogP contribution in [0.2, 0.25) is 51.4 Å². The van der Waals surface area contributed by atoms with Crippen molar-refractivity contribution in [2.24, 2.45) is 0 Å². The number of hydrogen-bond acceptors (Lipinski definition) is 5. The van der Waals surface area contributed by atoms with E-state index < -0.39 is 33.8 Å². The highest BCUT2D eigenvalue weighted by Gasteiger charge is 2.57. The van der Waals surface area contributed by atoms with Gasteiger partial charge in [0.05, 0.1) is 13.7 Å². The lowest BCUT2D eigenvalue weighted by molar-refractivity contribution is 0.0677. The summed E-state index contributed by atoms with van der Waals surface area (Å²) in [5.41, 5.74) is 0.0900. The van der Waals surface area contributed by atoms with Crippen LogP contribution < -0.4 is 0 Å². The Morgan fingerprint density at radius 3 is 1.50 bits per heavy atom. The Morgan fingerprint density at radius 1 is 0.846 bits per heavy atom. The fourth-order valence-corrected chi connectivity index (χ4v) is 17.2. The molecule has 9 heteroatoms. The smallest absolute Gasteiger partial charge is 0.433 e. The first kappa shape index (κ1) is 26.4. The van der Waals surface area contributed by atoms with E-state index in [9.17, 15) is 0 Å². The SMILES string of the molecule is C=C([Si](C)(OC(C)(C)C(C)[Si](C)(C)C)O[Si](C)(C)C)[Si](OC)(OC)OC. The molecular formula is C17H42O5Si4. The minimum atomic E-state index is -3.09. The molecule has 0 spiro atoms. The number of hydrogen-bond donors (Lipinski definition) is 0. The molecule has 0 aliphatic heterocycles. The Labute approximate surface area is 166 Å². The molecule has 0 rings (SSSR count). The third-order valence-corrected chi connectivity index (χ3v) is 19.0. The molecule has 0 bridgehead atoms. The van der Waals surface area contributed by atoms with Crippen molar-refractivity contribution < 1.29 is 21.8 Å².